The number of hydrazine groups is 1. The van der Waals surface area contributed by atoms with Gasteiger partial charge in [0.25, 0.3) is 10.0 Å². The van der Waals surface area contributed by atoms with Gasteiger partial charge in [-0.2, -0.15) is 0 Å². The fourth-order valence-electron chi connectivity index (χ4n) is 4.38. The fourth-order valence-corrected chi connectivity index (χ4v) is 5.54. The molecule has 20 heavy (non-hydrogen) atoms. The van der Waals surface area contributed by atoms with Gasteiger partial charge in [-0.1, -0.05) is 17.7 Å². The third-order valence-electron chi connectivity index (χ3n) is 5.24. The first-order valence-corrected chi connectivity index (χ1v) is 8.89. The molecule has 4 atom stereocenters. The van der Waals surface area contributed by atoms with E-state index in [0.29, 0.717) is 22.9 Å². The van der Waals surface area contributed by atoms with Gasteiger partial charge in [-0.05, 0) is 56.6 Å². The molecule has 0 radical (unpaired) electrons. The van der Waals surface area contributed by atoms with Crippen molar-refractivity contribution in [2.75, 3.05) is 0 Å². The third kappa shape index (κ3) is 1.91. The average Bonchev–Trinajstić information content (AvgIpc) is 2.81. The minimum absolute atomic E-state index is 0.362. The Kier molecular flexibility index (Phi) is 2.75. The smallest absolute Gasteiger partial charge is 0.224 e. The lowest BCUT2D eigenvalue weighted by Gasteiger charge is -2.35. The van der Waals surface area contributed by atoms with E-state index in [1.54, 1.807) is 12.1 Å². The summed E-state index contributed by atoms with van der Waals surface area (Å²) in [6.45, 7) is 1.96. The molecule has 4 bridgehead atoms. The van der Waals surface area contributed by atoms with E-state index in [9.17, 15) is 8.42 Å². The molecule has 4 aliphatic rings. The maximum Gasteiger partial charge on any atom is 0.253 e. The van der Waals surface area contributed by atoms with Gasteiger partial charge in [0.2, 0.25) is 0 Å². The second-order valence-corrected chi connectivity index (χ2v) is 8.27. The highest BCUT2D eigenvalue weighted by Crippen LogP contribution is 2.52. The van der Waals surface area contributed by atoms with Crippen molar-refractivity contribution in [3.05, 3.63) is 29.8 Å². The standard InChI is InChI=1S/C15H20N2O2S/c1-10-2-4-14(5-3-10)20(18,19)16-17-13-7-11-6-12(9-13)15(17)8-11/h2-5,11-13,15-16H,6-9H2,1H3. The highest BCUT2D eigenvalue weighted by molar-refractivity contribution is 7.89. The summed E-state index contributed by atoms with van der Waals surface area (Å²) >= 11 is 0. The van der Waals surface area contributed by atoms with Crippen LogP contribution >= 0.6 is 0 Å². The van der Waals surface area contributed by atoms with E-state index in [-0.39, 0.29) is 0 Å². The molecular formula is C15H20N2O2S. The van der Waals surface area contributed by atoms with Gasteiger partial charge < -0.3 is 0 Å². The van der Waals surface area contributed by atoms with E-state index in [2.05, 4.69) is 4.83 Å². The van der Waals surface area contributed by atoms with Gasteiger partial charge in [0, 0.05) is 12.1 Å². The molecule has 0 amide bonds. The molecule has 0 aromatic heterocycles. The van der Waals surface area contributed by atoms with E-state index >= 15 is 0 Å². The monoisotopic (exact) mass is 292 g/mol. The number of rotatable bonds is 3. The van der Waals surface area contributed by atoms with Gasteiger partial charge in [-0.15, -0.1) is 4.83 Å². The normalized spacial score (nSPS) is 35.9. The zero-order chi connectivity index (χ0) is 13.9. The van der Waals surface area contributed by atoms with Crippen molar-refractivity contribution in [1.29, 1.82) is 0 Å². The Balaban J connectivity index is 1.58. The van der Waals surface area contributed by atoms with E-state index in [0.717, 1.165) is 30.7 Å². The minimum atomic E-state index is -3.43. The molecule has 4 unspecified atom stereocenters. The van der Waals surface area contributed by atoms with E-state index in [4.69, 9.17) is 0 Å². The number of benzene rings is 1. The summed E-state index contributed by atoms with van der Waals surface area (Å²) in [6, 6.07) is 7.90. The van der Waals surface area contributed by atoms with Gasteiger partial charge in [-0.3, -0.25) is 0 Å². The van der Waals surface area contributed by atoms with Crippen molar-refractivity contribution in [1.82, 2.24) is 9.84 Å². The van der Waals surface area contributed by atoms with Crippen molar-refractivity contribution in [2.45, 2.75) is 49.6 Å². The lowest BCUT2D eigenvalue weighted by Crippen LogP contribution is -2.51. The largest absolute Gasteiger partial charge is 0.253 e. The van der Waals surface area contributed by atoms with Crippen LogP contribution in [-0.4, -0.2) is 25.5 Å². The van der Waals surface area contributed by atoms with Crippen molar-refractivity contribution in [3.63, 3.8) is 0 Å². The van der Waals surface area contributed by atoms with Crippen LogP contribution in [0, 0.1) is 18.8 Å². The lowest BCUT2D eigenvalue weighted by atomic mass is 9.87. The Morgan fingerprint density at radius 3 is 2.55 bits per heavy atom. The van der Waals surface area contributed by atoms with Gasteiger partial charge in [-0.25, -0.2) is 13.4 Å². The molecule has 1 N–H and O–H groups in total. The maximum atomic E-state index is 12.5. The summed E-state index contributed by atoms with van der Waals surface area (Å²) in [6.07, 6.45) is 4.78. The van der Waals surface area contributed by atoms with Gasteiger partial charge in [0.05, 0.1) is 4.90 Å². The van der Waals surface area contributed by atoms with Crippen LogP contribution in [0.4, 0.5) is 0 Å². The SMILES string of the molecule is Cc1ccc(S(=O)(=O)NN2C3CC4CC(C3)C2C4)cc1. The van der Waals surface area contributed by atoms with Crippen LogP contribution in [0.3, 0.4) is 0 Å². The Bertz CT molecular complexity index is 622. The summed E-state index contributed by atoms with van der Waals surface area (Å²) in [5.41, 5.74) is 1.07. The fraction of sp³-hybridized carbons (Fsp3) is 0.600. The molecule has 1 aromatic carbocycles. The van der Waals surface area contributed by atoms with Crippen LogP contribution in [0.25, 0.3) is 0 Å². The number of nitrogens with one attached hydrogen (secondary N) is 1. The summed E-state index contributed by atoms with van der Waals surface area (Å²) in [4.78, 5) is 3.22. The highest BCUT2D eigenvalue weighted by atomic mass is 32.2. The number of hydrogen-bond acceptors (Lipinski definition) is 3. The van der Waals surface area contributed by atoms with Gasteiger partial charge >= 0.3 is 0 Å². The zero-order valence-corrected chi connectivity index (χ0v) is 12.4. The van der Waals surface area contributed by atoms with Crippen LogP contribution < -0.4 is 4.83 Å². The molecule has 2 aliphatic heterocycles. The molecule has 4 nitrogen and oxygen atoms in total. The van der Waals surface area contributed by atoms with Crippen molar-refractivity contribution in [2.24, 2.45) is 11.8 Å². The third-order valence-corrected chi connectivity index (χ3v) is 6.59. The Morgan fingerprint density at radius 2 is 1.85 bits per heavy atom. The Hall–Kier alpha value is -0.910. The molecule has 1 aromatic rings. The predicted octanol–water partition coefficient (Wildman–Crippen LogP) is 2.06. The second-order valence-electron chi connectivity index (χ2n) is 6.61. The number of sulfonamides is 1. The number of nitrogens with zero attached hydrogens (tertiary/aromatic N) is 1. The quantitative estimate of drug-likeness (QED) is 0.928. The van der Waals surface area contributed by atoms with Crippen LogP contribution in [0.5, 0.6) is 0 Å². The molecule has 5 rings (SSSR count). The predicted molar refractivity (Wildman–Crippen MR) is 76.4 cm³/mol. The van der Waals surface area contributed by atoms with Crippen LogP contribution in [0.15, 0.2) is 29.2 Å². The van der Waals surface area contributed by atoms with E-state index in [1.165, 1.54) is 6.42 Å². The van der Waals surface area contributed by atoms with Crippen molar-refractivity contribution in [3.8, 4) is 0 Å². The average molecular weight is 292 g/mol. The van der Waals surface area contributed by atoms with E-state index in [1.807, 2.05) is 24.1 Å². The van der Waals surface area contributed by atoms with E-state index < -0.39 is 10.0 Å². The van der Waals surface area contributed by atoms with Gasteiger partial charge in [0.1, 0.15) is 0 Å². The number of piperidine rings is 1. The lowest BCUT2D eigenvalue weighted by molar-refractivity contribution is 0.102. The molecule has 2 saturated carbocycles. The molecule has 108 valence electrons. The van der Waals surface area contributed by atoms with Gasteiger partial charge in [0.15, 0.2) is 0 Å². The highest BCUT2D eigenvalue weighted by Gasteiger charge is 2.53. The summed E-state index contributed by atoms with van der Waals surface area (Å²) < 4.78 is 25.0. The minimum Gasteiger partial charge on any atom is -0.224 e. The second kappa shape index (κ2) is 4.29. The topological polar surface area (TPSA) is 49.4 Å². The molecule has 5 heteroatoms. The molecule has 4 fully saturated rings. The van der Waals surface area contributed by atoms with Crippen LogP contribution in [0.1, 0.15) is 31.2 Å². The molecular weight excluding hydrogens is 272 g/mol. The Labute approximate surface area is 120 Å². The molecule has 2 saturated heterocycles. The summed E-state index contributed by atoms with van der Waals surface area (Å²) in [7, 11) is -3.43. The first-order chi connectivity index (χ1) is 9.53. The van der Waals surface area contributed by atoms with Crippen molar-refractivity contribution < 1.29 is 8.42 Å². The molecule has 0 spiro atoms. The van der Waals surface area contributed by atoms with Crippen molar-refractivity contribution >= 4 is 10.0 Å². The summed E-state index contributed by atoms with van der Waals surface area (Å²) in [5.74, 6) is 1.54. The maximum absolute atomic E-state index is 12.5. The zero-order valence-electron chi connectivity index (χ0n) is 11.6. The number of aryl methyl sites for hydroxylation is 1. The molecule has 2 aliphatic carbocycles. The Morgan fingerprint density at radius 1 is 1.10 bits per heavy atom. The first-order valence-electron chi connectivity index (χ1n) is 7.40. The summed E-state index contributed by atoms with van der Waals surface area (Å²) in [5, 5.41) is 2.04. The number of hydrogen-bond donors (Lipinski definition) is 1. The van der Waals surface area contributed by atoms with Crippen LogP contribution in [0.2, 0.25) is 0 Å². The van der Waals surface area contributed by atoms with Crippen LogP contribution in [-0.2, 0) is 10.0 Å². The first kappa shape index (κ1) is 12.8. The molecule has 2 heterocycles.